The van der Waals surface area contributed by atoms with E-state index in [9.17, 15) is 4.79 Å². The van der Waals surface area contributed by atoms with Crippen molar-refractivity contribution in [2.45, 2.75) is 19.8 Å². The van der Waals surface area contributed by atoms with Crippen LogP contribution in [0.4, 0.5) is 5.13 Å². The van der Waals surface area contributed by atoms with Crippen molar-refractivity contribution < 1.29 is 9.21 Å². The zero-order valence-electron chi connectivity index (χ0n) is 12.7. The van der Waals surface area contributed by atoms with Gasteiger partial charge in [-0.25, -0.2) is 9.97 Å². The zero-order chi connectivity index (χ0) is 17.1. The third-order valence-electron chi connectivity index (χ3n) is 3.18. The lowest BCUT2D eigenvalue weighted by molar-refractivity contribution is -0.116. The van der Waals surface area contributed by atoms with Crippen molar-refractivity contribution in [1.29, 1.82) is 0 Å². The van der Waals surface area contributed by atoms with Gasteiger partial charge in [-0.2, -0.15) is 0 Å². The number of hydrogen-bond acceptors (Lipinski definition) is 5. The lowest BCUT2D eigenvalue weighted by atomic mass is 10.2. The summed E-state index contributed by atoms with van der Waals surface area (Å²) in [5, 5.41) is 6.27. The number of hydrogen-bond donors (Lipinski definition) is 1. The molecule has 1 N–H and O–H groups in total. The minimum Gasteiger partial charge on any atom is -0.441 e. The number of thiazole rings is 1. The molecule has 0 saturated carbocycles. The third-order valence-corrected chi connectivity index (χ3v) is 4.60. The summed E-state index contributed by atoms with van der Waals surface area (Å²) in [5.41, 5.74) is 1.59. The van der Waals surface area contributed by atoms with Crippen LogP contribution in [-0.4, -0.2) is 15.9 Å². The Hall–Kier alpha value is -1.89. The third kappa shape index (κ3) is 4.14. The van der Waals surface area contributed by atoms with E-state index in [2.05, 4.69) is 15.3 Å². The van der Waals surface area contributed by atoms with Crippen molar-refractivity contribution in [2.75, 3.05) is 5.32 Å². The van der Waals surface area contributed by atoms with E-state index in [1.165, 1.54) is 11.3 Å². The first-order chi connectivity index (χ1) is 11.5. The standard InChI is InChI=1S/C16H13Cl2N3O2S/c1-9-8-24-16(20-9)21-14(22)4-5-15-19-7-13(23-15)11-3-2-10(17)6-12(11)18/h2-3,6-8H,4-5H2,1H3,(H,20,21,22). The van der Waals surface area contributed by atoms with E-state index >= 15 is 0 Å². The number of rotatable bonds is 5. The van der Waals surface area contributed by atoms with Gasteiger partial charge in [-0.15, -0.1) is 11.3 Å². The van der Waals surface area contributed by atoms with Crippen LogP contribution in [0.25, 0.3) is 11.3 Å². The Kier molecular flexibility index (Phi) is 5.18. The van der Waals surface area contributed by atoms with Gasteiger partial charge in [-0.1, -0.05) is 23.2 Å². The van der Waals surface area contributed by atoms with Gasteiger partial charge in [0.05, 0.1) is 16.9 Å². The van der Waals surface area contributed by atoms with Crippen LogP contribution in [0, 0.1) is 6.92 Å². The molecule has 5 nitrogen and oxygen atoms in total. The first-order valence-electron chi connectivity index (χ1n) is 7.13. The van der Waals surface area contributed by atoms with Crippen molar-refractivity contribution in [1.82, 2.24) is 9.97 Å². The number of anilines is 1. The second kappa shape index (κ2) is 7.34. The second-order valence-corrected chi connectivity index (χ2v) is 6.79. The number of nitrogens with one attached hydrogen (secondary N) is 1. The minimum atomic E-state index is -0.131. The maximum absolute atomic E-state index is 11.9. The number of oxazole rings is 1. The fourth-order valence-corrected chi connectivity index (χ4v) is 3.26. The Morgan fingerprint density at radius 1 is 1.38 bits per heavy atom. The highest BCUT2D eigenvalue weighted by molar-refractivity contribution is 7.13. The van der Waals surface area contributed by atoms with Crippen molar-refractivity contribution in [2.24, 2.45) is 0 Å². The fraction of sp³-hybridized carbons (Fsp3) is 0.188. The summed E-state index contributed by atoms with van der Waals surface area (Å²) in [6, 6.07) is 5.14. The van der Waals surface area contributed by atoms with Crippen LogP contribution < -0.4 is 5.32 Å². The molecule has 0 aliphatic heterocycles. The quantitative estimate of drug-likeness (QED) is 0.676. The number of aryl methyl sites for hydroxylation is 2. The molecule has 2 aromatic heterocycles. The van der Waals surface area contributed by atoms with Gasteiger partial charge in [0.25, 0.3) is 0 Å². The van der Waals surface area contributed by atoms with Gasteiger partial charge in [0, 0.05) is 28.8 Å². The molecule has 0 saturated heterocycles. The number of amides is 1. The minimum absolute atomic E-state index is 0.131. The molecule has 0 aliphatic rings. The molecule has 1 amide bonds. The summed E-state index contributed by atoms with van der Waals surface area (Å²) in [5.74, 6) is 0.887. The van der Waals surface area contributed by atoms with E-state index in [0.717, 1.165) is 5.69 Å². The number of benzene rings is 1. The van der Waals surface area contributed by atoms with Gasteiger partial charge in [0.1, 0.15) is 0 Å². The van der Waals surface area contributed by atoms with Gasteiger partial charge in [0.2, 0.25) is 5.91 Å². The molecular formula is C16H13Cl2N3O2S. The van der Waals surface area contributed by atoms with Crippen molar-refractivity contribution in [3.8, 4) is 11.3 Å². The van der Waals surface area contributed by atoms with Gasteiger partial charge in [0.15, 0.2) is 16.8 Å². The van der Waals surface area contributed by atoms with Crippen LogP contribution >= 0.6 is 34.5 Å². The van der Waals surface area contributed by atoms with Gasteiger partial charge >= 0.3 is 0 Å². The van der Waals surface area contributed by atoms with Gasteiger partial charge in [-0.05, 0) is 25.1 Å². The summed E-state index contributed by atoms with van der Waals surface area (Å²) in [4.78, 5) is 20.3. The van der Waals surface area contributed by atoms with Crippen LogP contribution in [0.3, 0.4) is 0 Å². The van der Waals surface area contributed by atoms with Crippen LogP contribution in [0.5, 0.6) is 0 Å². The van der Waals surface area contributed by atoms with Gasteiger partial charge < -0.3 is 9.73 Å². The number of carbonyl (C=O) groups excluding carboxylic acids is 1. The number of nitrogens with zero attached hydrogens (tertiary/aromatic N) is 2. The van der Waals surface area contributed by atoms with E-state index in [-0.39, 0.29) is 12.3 Å². The van der Waals surface area contributed by atoms with E-state index in [0.29, 0.717) is 38.8 Å². The summed E-state index contributed by atoms with van der Waals surface area (Å²) in [6.07, 6.45) is 2.24. The Morgan fingerprint density at radius 3 is 2.92 bits per heavy atom. The zero-order valence-corrected chi connectivity index (χ0v) is 15.0. The molecule has 3 rings (SSSR count). The van der Waals surface area contributed by atoms with Crippen LogP contribution in [0.1, 0.15) is 18.0 Å². The summed E-state index contributed by atoms with van der Waals surface area (Å²) >= 11 is 13.4. The Morgan fingerprint density at radius 2 is 2.21 bits per heavy atom. The van der Waals surface area contributed by atoms with Crippen molar-refractivity contribution in [3.05, 3.63) is 51.4 Å². The number of carbonyl (C=O) groups is 1. The predicted octanol–water partition coefficient (Wildman–Crippen LogP) is 4.98. The molecule has 0 bridgehead atoms. The molecule has 124 valence electrons. The van der Waals surface area contributed by atoms with E-state index in [1.54, 1.807) is 24.4 Å². The molecule has 0 unspecified atom stereocenters. The molecule has 2 heterocycles. The van der Waals surface area contributed by atoms with Gasteiger partial charge in [-0.3, -0.25) is 4.79 Å². The van der Waals surface area contributed by atoms with Crippen molar-refractivity contribution in [3.63, 3.8) is 0 Å². The molecule has 0 atom stereocenters. The molecule has 1 aromatic carbocycles. The summed E-state index contributed by atoms with van der Waals surface area (Å²) in [6.45, 7) is 1.88. The highest BCUT2D eigenvalue weighted by atomic mass is 35.5. The molecule has 0 fully saturated rings. The normalized spacial score (nSPS) is 10.8. The van der Waals surface area contributed by atoms with E-state index in [4.69, 9.17) is 27.6 Å². The first-order valence-corrected chi connectivity index (χ1v) is 8.77. The first kappa shape index (κ1) is 17.0. The van der Waals surface area contributed by atoms with Crippen molar-refractivity contribution >= 4 is 45.6 Å². The van der Waals surface area contributed by atoms with Crippen LogP contribution in [-0.2, 0) is 11.2 Å². The highest BCUT2D eigenvalue weighted by Crippen LogP contribution is 2.30. The second-order valence-electron chi connectivity index (χ2n) is 5.08. The average molecular weight is 382 g/mol. The Bertz CT molecular complexity index is 876. The molecule has 0 radical (unpaired) electrons. The number of halogens is 2. The topological polar surface area (TPSA) is 68.0 Å². The summed E-state index contributed by atoms with van der Waals surface area (Å²) < 4.78 is 5.66. The van der Waals surface area contributed by atoms with E-state index in [1.807, 2.05) is 12.3 Å². The molecular weight excluding hydrogens is 369 g/mol. The molecule has 0 spiro atoms. The molecule has 8 heteroatoms. The maximum Gasteiger partial charge on any atom is 0.226 e. The highest BCUT2D eigenvalue weighted by Gasteiger charge is 2.12. The molecule has 3 aromatic rings. The van der Waals surface area contributed by atoms with Crippen LogP contribution in [0.15, 0.2) is 34.2 Å². The smallest absolute Gasteiger partial charge is 0.226 e. The van der Waals surface area contributed by atoms with Crippen LogP contribution in [0.2, 0.25) is 10.0 Å². The number of aromatic nitrogens is 2. The van der Waals surface area contributed by atoms with E-state index < -0.39 is 0 Å². The summed E-state index contributed by atoms with van der Waals surface area (Å²) in [7, 11) is 0. The fourth-order valence-electron chi connectivity index (χ4n) is 2.05. The SMILES string of the molecule is Cc1csc(NC(=O)CCc2ncc(-c3ccc(Cl)cc3Cl)o2)n1. The lowest BCUT2D eigenvalue weighted by Gasteiger charge is -2.01. The average Bonchev–Trinajstić information content (AvgIpc) is 3.14. The lowest BCUT2D eigenvalue weighted by Crippen LogP contribution is -2.12. The monoisotopic (exact) mass is 381 g/mol. The maximum atomic E-state index is 11.9. The predicted molar refractivity (Wildman–Crippen MR) is 95.8 cm³/mol. The largest absolute Gasteiger partial charge is 0.441 e. The molecule has 0 aliphatic carbocycles. The Balaban J connectivity index is 1.60. The molecule has 24 heavy (non-hydrogen) atoms. The Labute approximate surface area is 152 Å².